The van der Waals surface area contributed by atoms with E-state index in [1.54, 1.807) is 0 Å². The van der Waals surface area contributed by atoms with Gasteiger partial charge in [-0.2, -0.15) is 0 Å². The number of aliphatic hydroxyl groups excluding tert-OH is 1. The van der Waals surface area contributed by atoms with Crippen LogP contribution in [0.25, 0.3) is 0 Å². The van der Waals surface area contributed by atoms with Crippen LogP contribution in [0.5, 0.6) is 0 Å². The van der Waals surface area contributed by atoms with Gasteiger partial charge in [0.2, 0.25) is 0 Å². The first-order valence-electron chi connectivity index (χ1n) is 4.26. The molecule has 1 nitrogen and oxygen atoms in total. The standard InChI is InChI=1S/C9H16OS/c1-8(7-10)11-9-5-3-2-4-6-9/h3,5,8-10H,2,4,6-7H2,1H3. The molecule has 0 aromatic heterocycles. The van der Waals surface area contributed by atoms with Gasteiger partial charge in [0.15, 0.2) is 0 Å². The summed E-state index contributed by atoms with van der Waals surface area (Å²) in [6.07, 6.45) is 8.37. The summed E-state index contributed by atoms with van der Waals surface area (Å²) in [5.41, 5.74) is 0. The highest BCUT2D eigenvalue weighted by molar-refractivity contribution is 8.00. The van der Waals surface area contributed by atoms with E-state index < -0.39 is 0 Å². The Morgan fingerprint density at radius 2 is 2.55 bits per heavy atom. The Morgan fingerprint density at radius 1 is 1.73 bits per heavy atom. The quantitative estimate of drug-likeness (QED) is 0.659. The molecule has 2 atom stereocenters. The molecule has 0 saturated carbocycles. The van der Waals surface area contributed by atoms with Crippen LogP contribution in [0.2, 0.25) is 0 Å². The summed E-state index contributed by atoms with van der Waals surface area (Å²) < 4.78 is 0. The number of hydrogen-bond acceptors (Lipinski definition) is 2. The molecule has 0 aliphatic heterocycles. The minimum Gasteiger partial charge on any atom is -0.395 e. The average molecular weight is 172 g/mol. The highest BCUT2D eigenvalue weighted by Crippen LogP contribution is 2.26. The Labute approximate surface area is 72.9 Å². The first-order valence-corrected chi connectivity index (χ1v) is 5.20. The molecule has 0 saturated heterocycles. The van der Waals surface area contributed by atoms with Crippen molar-refractivity contribution in [3.8, 4) is 0 Å². The summed E-state index contributed by atoms with van der Waals surface area (Å²) in [5.74, 6) is 0. The van der Waals surface area contributed by atoms with Crippen LogP contribution in [0.15, 0.2) is 12.2 Å². The van der Waals surface area contributed by atoms with Gasteiger partial charge in [-0.1, -0.05) is 19.1 Å². The number of allylic oxidation sites excluding steroid dienone is 1. The summed E-state index contributed by atoms with van der Waals surface area (Å²) in [6.45, 7) is 2.38. The zero-order valence-electron chi connectivity index (χ0n) is 6.99. The Hall–Kier alpha value is 0.0500. The SMILES string of the molecule is CC(CO)SC1C=CCCC1. The normalized spacial score (nSPS) is 26.9. The van der Waals surface area contributed by atoms with Gasteiger partial charge in [0.05, 0.1) is 6.61 Å². The van der Waals surface area contributed by atoms with Crippen LogP contribution >= 0.6 is 11.8 Å². The molecule has 1 aliphatic carbocycles. The van der Waals surface area contributed by atoms with Crippen molar-refractivity contribution in [2.24, 2.45) is 0 Å². The maximum atomic E-state index is 8.82. The number of thioether (sulfide) groups is 1. The fraction of sp³-hybridized carbons (Fsp3) is 0.778. The maximum absolute atomic E-state index is 8.82. The highest BCUT2D eigenvalue weighted by atomic mass is 32.2. The van der Waals surface area contributed by atoms with E-state index >= 15 is 0 Å². The van der Waals surface area contributed by atoms with Gasteiger partial charge in [-0.15, -0.1) is 11.8 Å². The van der Waals surface area contributed by atoms with Crippen LogP contribution in [0.3, 0.4) is 0 Å². The lowest BCUT2D eigenvalue weighted by molar-refractivity contribution is 0.300. The molecule has 0 fully saturated rings. The minimum atomic E-state index is 0.301. The Bertz CT molecular complexity index is 134. The van der Waals surface area contributed by atoms with Gasteiger partial charge in [-0.05, 0) is 19.3 Å². The summed E-state index contributed by atoms with van der Waals surface area (Å²) in [4.78, 5) is 0. The zero-order valence-corrected chi connectivity index (χ0v) is 7.81. The van der Waals surface area contributed by atoms with Gasteiger partial charge in [-0.3, -0.25) is 0 Å². The molecule has 11 heavy (non-hydrogen) atoms. The van der Waals surface area contributed by atoms with E-state index in [1.807, 2.05) is 11.8 Å². The third kappa shape index (κ3) is 3.30. The molecule has 0 bridgehead atoms. The molecule has 0 radical (unpaired) electrons. The molecule has 0 aromatic carbocycles. The molecule has 0 heterocycles. The third-order valence-corrected chi connectivity index (χ3v) is 3.23. The summed E-state index contributed by atoms with van der Waals surface area (Å²) in [5, 5.41) is 9.87. The van der Waals surface area contributed by atoms with E-state index in [0.717, 1.165) is 0 Å². The predicted octanol–water partition coefficient (Wildman–Crippen LogP) is 2.21. The second-order valence-corrected chi connectivity index (χ2v) is 4.71. The van der Waals surface area contributed by atoms with Gasteiger partial charge in [0, 0.05) is 10.5 Å². The Kier molecular flexibility index (Phi) is 4.02. The third-order valence-electron chi connectivity index (χ3n) is 1.87. The topological polar surface area (TPSA) is 20.2 Å². The molecule has 0 amide bonds. The average Bonchev–Trinajstić information content (AvgIpc) is 2.06. The van der Waals surface area contributed by atoms with Crippen LogP contribution in [0.4, 0.5) is 0 Å². The van der Waals surface area contributed by atoms with E-state index in [1.165, 1.54) is 19.3 Å². The monoisotopic (exact) mass is 172 g/mol. The largest absolute Gasteiger partial charge is 0.395 e. The van der Waals surface area contributed by atoms with E-state index in [9.17, 15) is 0 Å². The number of rotatable bonds is 3. The summed E-state index contributed by atoms with van der Waals surface area (Å²) >= 11 is 1.88. The zero-order chi connectivity index (χ0) is 8.10. The fourth-order valence-corrected chi connectivity index (χ4v) is 2.42. The van der Waals surface area contributed by atoms with E-state index in [-0.39, 0.29) is 0 Å². The molecule has 1 aliphatic rings. The van der Waals surface area contributed by atoms with Gasteiger partial charge in [0.1, 0.15) is 0 Å². The second-order valence-electron chi connectivity index (χ2n) is 3.03. The van der Waals surface area contributed by atoms with Crippen LogP contribution in [-0.4, -0.2) is 22.2 Å². The molecule has 2 unspecified atom stereocenters. The number of hydrogen-bond donors (Lipinski definition) is 1. The molecule has 0 aromatic rings. The van der Waals surface area contributed by atoms with Crippen molar-refractivity contribution in [3.05, 3.63) is 12.2 Å². The summed E-state index contributed by atoms with van der Waals surface area (Å²) in [6, 6.07) is 0. The van der Waals surface area contributed by atoms with Crippen LogP contribution in [0, 0.1) is 0 Å². The molecule has 1 rings (SSSR count). The molecule has 1 N–H and O–H groups in total. The Morgan fingerprint density at radius 3 is 3.09 bits per heavy atom. The second kappa shape index (κ2) is 4.83. The van der Waals surface area contributed by atoms with Crippen molar-refractivity contribution in [1.29, 1.82) is 0 Å². The van der Waals surface area contributed by atoms with Gasteiger partial charge in [0.25, 0.3) is 0 Å². The van der Waals surface area contributed by atoms with E-state index in [0.29, 0.717) is 17.1 Å². The van der Waals surface area contributed by atoms with Crippen molar-refractivity contribution in [3.63, 3.8) is 0 Å². The highest BCUT2D eigenvalue weighted by Gasteiger charge is 2.11. The van der Waals surface area contributed by atoms with Gasteiger partial charge >= 0.3 is 0 Å². The lowest BCUT2D eigenvalue weighted by atomic mass is 10.1. The van der Waals surface area contributed by atoms with Crippen molar-refractivity contribution in [2.45, 2.75) is 36.7 Å². The predicted molar refractivity (Wildman–Crippen MR) is 50.9 cm³/mol. The summed E-state index contributed by atoms with van der Waals surface area (Å²) in [7, 11) is 0. The first-order chi connectivity index (χ1) is 5.33. The molecule has 2 heteroatoms. The molecule has 64 valence electrons. The van der Waals surface area contributed by atoms with E-state index in [2.05, 4.69) is 19.1 Å². The molecular formula is C9H16OS. The van der Waals surface area contributed by atoms with Gasteiger partial charge < -0.3 is 5.11 Å². The fourth-order valence-electron chi connectivity index (χ4n) is 1.24. The maximum Gasteiger partial charge on any atom is 0.0547 e. The van der Waals surface area contributed by atoms with E-state index in [4.69, 9.17) is 5.11 Å². The van der Waals surface area contributed by atoms with Crippen LogP contribution < -0.4 is 0 Å². The van der Waals surface area contributed by atoms with Crippen molar-refractivity contribution in [2.75, 3.05) is 6.61 Å². The van der Waals surface area contributed by atoms with Crippen LogP contribution in [-0.2, 0) is 0 Å². The van der Waals surface area contributed by atoms with Crippen LogP contribution in [0.1, 0.15) is 26.2 Å². The molecular weight excluding hydrogens is 156 g/mol. The van der Waals surface area contributed by atoms with Crippen molar-refractivity contribution in [1.82, 2.24) is 0 Å². The molecule has 0 spiro atoms. The smallest absolute Gasteiger partial charge is 0.0547 e. The minimum absolute atomic E-state index is 0.301. The van der Waals surface area contributed by atoms with Crippen molar-refractivity contribution < 1.29 is 5.11 Å². The van der Waals surface area contributed by atoms with Gasteiger partial charge in [-0.25, -0.2) is 0 Å². The lowest BCUT2D eigenvalue weighted by Gasteiger charge is -2.18. The lowest BCUT2D eigenvalue weighted by Crippen LogP contribution is -2.11. The Balaban J connectivity index is 2.24. The van der Waals surface area contributed by atoms with Crippen molar-refractivity contribution >= 4 is 11.8 Å². The number of aliphatic hydroxyl groups is 1. The first kappa shape index (κ1) is 9.14.